The molecule has 6 nitrogen and oxygen atoms in total. The third-order valence-electron chi connectivity index (χ3n) is 4.40. The number of aromatic nitrogens is 1. The molecule has 0 bridgehead atoms. The molecule has 2 aliphatic heterocycles. The van der Waals surface area contributed by atoms with E-state index in [2.05, 4.69) is 4.98 Å². The number of aryl methyl sites for hydroxylation is 1. The molecule has 0 saturated carbocycles. The lowest BCUT2D eigenvalue weighted by atomic mass is 10.1. The Labute approximate surface area is 146 Å². The van der Waals surface area contributed by atoms with Crippen molar-refractivity contribution in [3.63, 3.8) is 0 Å². The lowest BCUT2D eigenvalue weighted by molar-refractivity contribution is 0.0760. The quantitative estimate of drug-likeness (QED) is 0.859. The molecular weight excluding hydrogens is 320 g/mol. The summed E-state index contributed by atoms with van der Waals surface area (Å²) in [6, 6.07) is 9.25. The van der Waals surface area contributed by atoms with Crippen molar-refractivity contribution in [2.75, 3.05) is 26.3 Å². The highest BCUT2D eigenvalue weighted by molar-refractivity contribution is 5.98. The summed E-state index contributed by atoms with van der Waals surface area (Å²) in [6.45, 7) is 4.15. The zero-order valence-electron chi connectivity index (χ0n) is 14.1. The van der Waals surface area contributed by atoms with Gasteiger partial charge in [-0.3, -0.25) is 4.79 Å². The summed E-state index contributed by atoms with van der Waals surface area (Å²) >= 11 is 0. The van der Waals surface area contributed by atoms with Crippen LogP contribution in [0, 0.1) is 6.92 Å². The number of likely N-dealkylation sites (tertiary alicyclic amines) is 1. The Morgan fingerprint density at radius 1 is 1.24 bits per heavy atom. The summed E-state index contributed by atoms with van der Waals surface area (Å²) in [7, 11) is 0. The number of hydrogen-bond acceptors (Lipinski definition) is 5. The van der Waals surface area contributed by atoms with Gasteiger partial charge in [0.1, 0.15) is 19.3 Å². The first-order valence-electron chi connectivity index (χ1n) is 8.48. The van der Waals surface area contributed by atoms with Crippen molar-refractivity contribution < 1.29 is 19.0 Å². The molecule has 1 atom stereocenters. The third-order valence-corrected chi connectivity index (χ3v) is 4.40. The van der Waals surface area contributed by atoms with Crippen LogP contribution in [0.3, 0.4) is 0 Å². The van der Waals surface area contributed by atoms with E-state index in [0.29, 0.717) is 49.2 Å². The Balaban J connectivity index is 1.45. The largest absolute Gasteiger partial charge is 0.486 e. The summed E-state index contributed by atoms with van der Waals surface area (Å²) in [5.74, 6) is 1.72. The Morgan fingerprint density at radius 2 is 2.12 bits per heavy atom. The van der Waals surface area contributed by atoms with Crippen molar-refractivity contribution >= 4 is 5.91 Å². The number of carbonyl (C=O) groups is 1. The fraction of sp³-hybridized carbons (Fsp3) is 0.368. The molecular formula is C19H20N2O4. The van der Waals surface area contributed by atoms with Gasteiger partial charge in [0.05, 0.1) is 12.1 Å². The smallest absolute Gasteiger partial charge is 0.257 e. The van der Waals surface area contributed by atoms with Gasteiger partial charge in [0.15, 0.2) is 11.5 Å². The number of amides is 1. The standard InChI is InChI=1S/C19H20N2O4/c1-13-5-6-17(20-11-13)25-14-7-8-21(12-14)19(22)15-3-2-4-16-18(15)24-10-9-23-16/h2-6,11,14H,7-10,12H2,1H3. The first kappa shape index (κ1) is 15.7. The average Bonchev–Trinajstić information content (AvgIpc) is 3.11. The number of carbonyl (C=O) groups excluding carboxylic acids is 1. The lowest BCUT2D eigenvalue weighted by Gasteiger charge is -2.23. The van der Waals surface area contributed by atoms with Crippen LogP contribution in [-0.2, 0) is 0 Å². The van der Waals surface area contributed by atoms with E-state index >= 15 is 0 Å². The number of ether oxygens (including phenoxy) is 3. The predicted octanol–water partition coefficient (Wildman–Crippen LogP) is 2.45. The molecule has 3 heterocycles. The lowest BCUT2D eigenvalue weighted by Crippen LogP contribution is -2.32. The van der Waals surface area contributed by atoms with Crippen LogP contribution >= 0.6 is 0 Å². The molecule has 1 aromatic carbocycles. The Hall–Kier alpha value is -2.76. The van der Waals surface area contributed by atoms with E-state index in [1.807, 2.05) is 31.2 Å². The topological polar surface area (TPSA) is 60.9 Å². The SMILES string of the molecule is Cc1ccc(OC2CCN(C(=O)c3cccc4c3OCCO4)C2)nc1. The minimum absolute atomic E-state index is 0.0455. The average molecular weight is 340 g/mol. The van der Waals surface area contributed by atoms with Crippen molar-refractivity contribution in [1.82, 2.24) is 9.88 Å². The van der Waals surface area contributed by atoms with Crippen LogP contribution in [0.15, 0.2) is 36.5 Å². The van der Waals surface area contributed by atoms with E-state index in [0.717, 1.165) is 12.0 Å². The first-order valence-corrected chi connectivity index (χ1v) is 8.48. The zero-order chi connectivity index (χ0) is 17.2. The summed E-state index contributed by atoms with van der Waals surface area (Å²) in [4.78, 5) is 18.9. The minimum atomic E-state index is -0.0506. The van der Waals surface area contributed by atoms with Gasteiger partial charge in [0.25, 0.3) is 5.91 Å². The summed E-state index contributed by atoms with van der Waals surface area (Å²) in [5.41, 5.74) is 1.64. The van der Waals surface area contributed by atoms with Crippen molar-refractivity contribution in [1.29, 1.82) is 0 Å². The van der Waals surface area contributed by atoms with Crippen molar-refractivity contribution in [3.8, 4) is 17.4 Å². The second-order valence-electron chi connectivity index (χ2n) is 6.28. The number of rotatable bonds is 3. The van der Waals surface area contributed by atoms with Crippen LogP contribution in [0.1, 0.15) is 22.3 Å². The fourth-order valence-electron chi connectivity index (χ4n) is 3.12. The molecule has 2 aromatic rings. The number of hydrogen-bond donors (Lipinski definition) is 0. The van der Waals surface area contributed by atoms with E-state index in [-0.39, 0.29) is 12.0 Å². The molecule has 0 spiro atoms. The van der Waals surface area contributed by atoms with Crippen LogP contribution in [0.25, 0.3) is 0 Å². The van der Waals surface area contributed by atoms with Crippen LogP contribution in [-0.4, -0.2) is 48.2 Å². The zero-order valence-corrected chi connectivity index (χ0v) is 14.1. The molecule has 25 heavy (non-hydrogen) atoms. The minimum Gasteiger partial charge on any atom is -0.486 e. The molecule has 130 valence electrons. The molecule has 1 fully saturated rings. The monoisotopic (exact) mass is 340 g/mol. The van der Waals surface area contributed by atoms with Gasteiger partial charge in [-0.1, -0.05) is 12.1 Å². The Bertz CT molecular complexity index is 775. The molecule has 2 aliphatic rings. The summed E-state index contributed by atoms with van der Waals surface area (Å²) < 4.78 is 17.1. The highest BCUT2D eigenvalue weighted by Crippen LogP contribution is 2.34. The maximum atomic E-state index is 12.9. The van der Waals surface area contributed by atoms with Crippen LogP contribution in [0.5, 0.6) is 17.4 Å². The summed E-state index contributed by atoms with van der Waals surface area (Å²) in [6.07, 6.45) is 2.52. The molecule has 6 heteroatoms. The molecule has 0 aliphatic carbocycles. The highest BCUT2D eigenvalue weighted by Gasteiger charge is 2.31. The van der Waals surface area contributed by atoms with E-state index in [9.17, 15) is 4.79 Å². The van der Waals surface area contributed by atoms with E-state index in [4.69, 9.17) is 14.2 Å². The van der Waals surface area contributed by atoms with Crippen LogP contribution in [0.2, 0.25) is 0 Å². The first-order chi connectivity index (χ1) is 12.2. The van der Waals surface area contributed by atoms with Gasteiger partial charge in [0.2, 0.25) is 5.88 Å². The molecule has 4 rings (SSSR count). The van der Waals surface area contributed by atoms with Gasteiger partial charge < -0.3 is 19.1 Å². The number of para-hydroxylation sites is 1. The molecule has 1 amide bonds. The number of benzene rings is 1. The van der Waals surface area contributed by atoms with Gasteiger partial charge in [-0.2, -0.15) is 0 Å². The third kappa shape index (κ3) is 3.24. The normalized spacial score (nSPS) is 18.9. The number of nitrogens with zero attached hydrogens (tertiary/aromatic N) is 2. The van der Waals surface area contributed by atoms with Gasteiger partial charge in [-0.25, -0.2) is 4.98 Å². The number of pyridine rings is 1. The molecule has 1 saturated heterocycles. The molecule has 0 N–H and O–H groups in total. The Kier molecular flexibility index (Phi) is 4.17. The van der Waals surface area contributed by atoms with Crippen LogP contribution in [0.4, 0.5) is 0 Å². The molecule has 1 unspecified atom stereocenters. The second-order valence-corrected chi connectivity index (χ2v) is 6.28. The van der Waals surface area contributed by atoms with E-state index < -0.39 is 0 Å². The van der Waals surface area contributed by atoms with Gasteiger partial charge in [-0.15, -0.1) is 0 Å². The fourth-order valence-corrected chi connectivity index (χ4v) is 3.12. The van der Waals surface area contributed by atoms with Crippen molar-refractivity contribution in [2.45, 2.75) is 19.4 Å². The second kappa shape index (κ2) is 6.63. The van der Waals surface area contributed by atoms with Crippen LogP contribution < -0.4 is 14.2 Å². The molecule has 0 radical (unpaired) electrons. The maximum absolute atomic E-state index is 12.9. The van der Waals surface area contributed by atoms with Crippen molar-refractivity contribution in [3.05, 3.63) is 47.7 Å². The van der Waals surface area contributed by atoms with Gasteiger partial charge in [0, 0.05) is 25.2 Å². The predicted molar refractivity (Wildman–Crippen MR) is 91.3 cm³/mol. The Morgan fingerprint density at radius 3 is 2.96 bits per heavy atom. The van der Waals surface area contributed by atoms with E-state index in [1.54, 1.807) is 17.2 Å². The maximum Gasteiger partial charge on any atom is 0.257 e. The number of fused-ring (bicyclic) bond motifs is 1. The van der Waals surface area contributed by atoms with Crippen molar-refractivity contribution in [2.24, 2.45) is 0 Å². The van der Waals surface area contributed by atoms with Gasteiger partial charge >= 0.3 is 0 Å². The van der Waals surface area contributed by atoms with E-state index in [1.165, 1.54) is 0 Å². The molecule has 1 aromatic heterocycles. The summed E-state index contributed by atoms with van der Waals surface area (Å²) in [5, 5.41) is 0. The highest BCUT2D eigenvalue weighted by atomic mass is 16.6. The van der Waals surface area contributed by atoms with Gasteiger partial charge in [-0.05, 0) is 24.6 Å².